The number of carbonyl (C=O) groups is 1. The molecular formula is C19H30N2O3. The Labute approximate surface area is 145 Å². The van der Waals surface area contributed by atoms with Gasteiger partial charge in [-0.1, -0.05) is 12.2 Å². The highest BCUT2D eigenvalue weighted by atomic mass is 16.5. The molecule has 4 aliphatic rings. The highest BCUT2D eigenvalue weighted by Gasteiger charge is 2.45. The maximum Gasteiger partial charge on any atom is 0.226 e. The summed E-state index contributed by atoms with van der Waals surface area (Å²) < 4.78 is 12.0. The van der Waals surface area contributed by atoms with Crippen molar-refractivity contribution in [2.24, 2.45) is 5.92 Å². The third-order valence-corrected chi connectivity index (χ3v) is 6.13. The molecule has 134 valence electrons. The number of likely N-dealkylation sites (tertiary alicyclic amines) is 1. The van der Waals surface area contributed by atoms with Crippen LogP contribution in [-0.2, 0) is 14.3 Å². The van der Waals surface area contributed by atoms with Crippen molar-refractivity contribution >= 4 is 5.91 Å². The monoisotopic (exact) mass is 334 g/mol. The fourth-order valence-electron chi connectivity index (χ4n) is 4.73. The molecular weight excluding hydrogens is 304 g/mol. The van der Waals surface area contributed by atoms with E-state index in [4.69, 9.17) is 9.47 Å². The minimum absolute atomic E-state index is 0.0725. The van der Waals surface area contributed by atoms with Gasteiger partial charge in [-0.15, -0.1) is 0 Å². The molecule has 1 spiro atoms. The van der Waals surface area contributed by atoms with Gasteiger partial charge in [0.15, 0.2) is 0 Å². The Balaban J connectivity index is 1.32. The van der Waals surface area contributed by atoms with Crippen LogP contribution in [0.2, 0.25) is 0 Å². The van der Waals surface area contributed by atoms with Gasteiger partial charge < -0.3 is 14.4 Å². The first-order valence-corrected chi connectivity index (χ1v) is 9.66. The Morgan fingerprint density at radius 3 is 2.71 bits per heavy atom. The van der Waals surface area contributed by atoms with Crippen molar-refractivity contribution in [3.8, 4) is 0 Å². The SMILES string of the molecule is O=C(C1CC=CC1)N1CC[C@]2(CCC[C@H](CN3CCOCC3)O2)C1. The second-order valence-electron chi connectivity index (χ2n) is 7.88. The predicted octanol–water partition coefficient (Wildman–Crippen LogP) is 1.82. The van der Waals surface area contributed by atoms with E-state index in [0.717, 1.165) is 78.0 Å². The minimum atomic E-state index is -0.0725. The van der Waals surface area contributed by atoms with Gasteiger partial charge in [0.2, 0.25) is 5.91 Å². The molecule has 0 radical (unpaired) electrons. The Bertz CT molecular complexity index is 481. The molecule has 0 bridgehead atoms. The van der Waals surface area contributed by atoms with Crippen LogP contribution in [0.25, 0.3) is 0 Å². The molecule has 5 heteroatoms. The number of allylic oxidation sites excluding steroid dienone is 2. The molecule has 5 nitrogen and oxygen atoms in total. The molecule has 3 heterocycles. The summed E-state index contributed by atoms with van der Waals surface area (Å²) in [5.74, 6) is 0.531. The van der Waals surface area contributed by atoms with Crippen LogP contribution in [0.5, 0.6) is 0 Å². The number of ether oxygens (including phenoxy) is 2. The Morgan fingerprint density at radius 1 is 1.12 bits per heavy atom. The third-order valence-electron chi connectivity index (χ3n) is 6.13. The number of rotatable bonds is 3. The maximum atomic E-state index is 12.7. The van der Waals surface area contributed by atoms with Crippen molar-refractivity contribution in [1.29, 1.82) is 0 Å². The summed E-state index contributed by atoms with van der Waals surface area (Å²) in [6.07, 6.45) is 10.9. The fourth-order valence-corrected chi connectivity index (χ4v) is 4.73. The summed E-state index contributed by atoms with van der Waals surface area (Å²) in [6, 6.07) is 0. The summed E-state index contributed by atoms with van der Waals surface area (Å²) in [4.78, 5) is 17.2. The van der Waals surface area contributed by atoms with E-state index in [9.17, 15) is 4.79 Å². The molecule has 2 atom stereocenters. The van der Waals surface area contributed by atoms with Crippen molar-refractivity contribution in [3.63, 3.8) is 0 Å². The number of amides is 1. The maximum absolute atomic E-state index is 12.7. The van der Waals surface area contributed by atoms with Crippen LogP contribution in [0.4, 0.5) is 0 Å². The van der Waals surface area contributed by atoms with E-state index >= 15 is 0 Å². The van der Waals surface area contributed by atoms with Crippen LogP contribution < -0.4 is 0 Å². The summed E-state index contributed by atoms with van der Waals surface area (Å²) >= 11 is 0. The van der Waals surface area contributed by atoms with Crippen LogP contribution >= 0.6 is 0 Å². The summed E-state index contributed by atoms with van der Waals surface area (Å²) in [7, 11) is 0. The quantitative estimate of drug-likeness (QED) is 0.739. The second-order valence-corrected chi connectivity index (χ2v) is 7.88. The molecule has 0 unspecified atom stereocenters. The molecule has 3 saturated heterocycles. The molecule has 0 aromatic heterocycles. The number of carbonyl (C=O) groups excluding carboxylic acids is 1. The van der Waals surface area contributed by atoms with Crippen LogP contribution in [0.1, 0.15) is 38.5 Å². The zero-order valence-corrected chi connectivity index (χ0v) is 14.6. The Morgan fingerprint density at radius 2 is 1.92 bits per heavy atom. The number of morpholine rings is 1. The van der Waals surface area contributed by atoms with Gasteiger partial charge in [0, 0.05) is 38.6 Å². The van der Waals surface area contributed by atoms with Crippen molar-refractivity contribution < 1.29 is 14.3 Å². The van der Waals surface area contributed by atoms with Gasteiger partial charge in [-0.2, -0.15) is 0 Å². The largest absolute Gasteiger partial charge is 0.379 e. The lowest BCUT2D eigenvalue weighted by Gasteiger charge is -2.41. The highest BCUT2D eigenvalue weighted by molar-refractivity contribution is 5.80. The highest BCUT2D eigenvalue weighted by Crippen LogP contribution is 2.38. The molecule has 24 heavy (non-hydrogen) atoms. The zero-order valence-electron chi connectivity index (χ0n) is 14.6. The molecule has 3 fully saturated rings. The second kappa shape index (κ2) is 7.14. The zero-order chi connectivity index (χ0) is 16.4. The standard InChI is InChI=1S/C19H30N2O3/c22-18(16-4-1-2-5-16)21-9-8-19(15-21)7-3-6-17(24-19)14-20-10-12-23-13-11-20/h1-2,16-17H,3-15H2/t17-,19-/m1/s1. The van der Waals surface area contributed by atoms with Gasteiger partial charge in [-0.05, 0) is 38.5 Å². The lowest BCUT2D eigenvalue weighted by molar-refractivity contribution is -0.144. The molecule has 0 aromatic rings. The number of hydrogen-bond acceptors (Lipinski definition) is 4. The summed E-state index contributed by atoms with van der Waals surface area (Å²) in [5.41, 5.74) is -0.0725. The molecule has 4 rings (SSSR count). The van der Waals surface area contributed by atoms with Gasteiger partial charge in [-0.3, -0.25) is 9.69 Å². The van der Waals surface area contributed by atoms with Crippen LogP contribution in [0.3, 0.4) is 0 Å². The first kappa shape index (κ1) is 16.6. The number of nitrogens with zero attached hydrogens (tertiary/aromatic N) is 2. The van der Waals surface area contributed by atoms with Gasteiger partial charge in [0.1, 0.15) is 0 Å². The lowest BCUT2D eigenvalue weighted by Crippen LogP contribution is -2.49. The smallest absolute Gasteiger partial charge is 0.226 e. The van der Waals surface area contributed by atoms with E-state index in [-0.39, 0.29) is 11.5 Å². The van der Waals surface area contributed by atoms with E-state index in [1.807, 2.05) is 0 Å². The van der Waals surface area contributed by atoms with Gasteiger partial charge in [0.05, 0.1) is 24.9 Å². The van der Waals surface area contributed by atoms with Crippen molar-refractivity contribution in [3.05, 3.63) is 12.2 Å². The first-order chi connectivity index (χ1) is 11.7. The van der Waals surface area contributed by atoms with E-state index in [1.165, 1.54) is 6.42 Å². The van der Waals surface area contributed by atoms with Crippen molar-refractivity contribution in [2.45, 2.75) is 50.2 Å². The van der Waals surface area contributed by atoms with Crippen molar-refractivity contribution in [2.75, 3.05) is 45.9 Å². The Hall–Kier alpha value is -0.910. The molecule has 0 N–H and O–H groups in total. The third kappa shape index (κ3) is 3.53. The summed E-state index contributed by atoms with van der Waals surface area (Å²) in [6.45, 7) is 6.43. The van der Waals surface area contributed by atoms with Gasteiger partial charge >= 0.3 is 0 Å². The van der Waals surface area contributed by atoms with E-state index in [2.05, 4.69) is 22.0 Å². The van der Waals surface area contributed by atoms with E-state index in [1.54, 1.807) is 0 Å². The van der Waals surface area contributed by atoms with E-state index in [0.29, 0.717) is 12.0 Å². The fraction of sp³-hybridized carbons (Fsp3) is 0.842. The molecule has 1 amide bonds. The predicted molar refractivity (Wildman–Crippen MR) is 91.8 cm³/mol. The van der Waals surface area contributed by atoms with Gasteiger partial charge in [-0.25, -0.2) is 0 Å². The first-order valence-electron chi connectivity index (χ1n) is 9.66. The van der Waals surface area contributed by atoms with E-state index < -0.39 is 0 Å². The molecule has 1 aliphatic carbocycles. The topological polar surface area (TPSA) is 42.0 Å². The van der Waals surface area contributed by atoms with Crippen molar-refractivity contribution in [1.82, 2.24) is 9.80 Å². The molecule has 0 aromatic carbocycles. The van der Waals surface area contributed by atoms with Crippen LogP contribution in [0.15, 0.2) is 12.2 Å². The van der Waals surface area contributed by atoms with Crippen LogP contribution in [-0.4, -0.2) is 73.3 Å². The average molecular weight is 334 g/mol. The van der Waals surface area contributed by atoms with Gasteiger partial charge in [0.25, 0.3) is 0 Å². The average Bonchev–Trinajstić information content (AvgIpc) is 3.26. The van der Waals surface area contributed by atoms with Crippen LogP contribution in [0, 0.1) is 5.92 Å². The summed E-state index contributed by atoms with van der Waals surface area (Å²) in [5, 5.41) is 0. The normalized spacial score (nSPS) is 35.2. The number of hydrogen-bond donors (Lipinski definition) is 0. The molecule has 3 aliphatic heterocycles. The minimum Gasteiger partial charge on any atom is -0.379 e. The molecule has 0 saturated carbocycles. The Kier molecular flexibility index (Phi) is 4.93. The lowest BCUT2D eigenvalue weighted by atomic mass is 9.90.